The lowest BCUT2D eigenvalue weighted by Crippen LogP contribution is -2.22. The number of rotatable bonds is 6. The second-order valence-corrected chi connectivity index (χ2v) is 12.7. The Bertz CT molecular complexity index is 589. The number of alkyl halides is 1. The molecule has 2 rings (SSSR count). The van der Waals surface area contributed by atoms with Gasteiger partial charge in [-0.05, 0) is 30.2 Å². The van der Waals surface area contributed by atoms with Crippen LogP contribution in [-0.4, -0.2) is 24.5 Å². The summed E-state index contributed by atoms with van der Waals surface area (Å²) in [5.41, 5.74) is 3.58. The van der Waals surface area contributed by atoms with Gasteiger partial charge in [0, 0.05) is 31.6 Å². The molecular weight excluding hydrogens is 332 g/mol. The van der Waals surface area contributed by atoms with Gasteiger partial charge in [0.1, 0.15) is 6.73 Å². The number of ether oxygens (including phenoxy) is 1. The molecule has 0 bridgehead atoms. The highest BCUT2D eigenvalue weighted by Gasteiger charge is 2.12. The second kappa shape index (κ2) is 6.41. The van der Waals surface area contributed by atoms with Gasteiger partial charge in [-0.3, -0.25) is 0 Å². The van der Waals surface area contributed by atoms with Crippen LogP contribution in [-0.2, 0) is 16.8 Å². The molecule has 0 aliphatic rings. The van der Waals surface area contributed by atoms with E-state index in [9.17, 15) is 0 Å². The van der Waals surface area contributed by atoms with Crippen LogP contribution in [0.1, 0.15) is 11.1 Å². The molecule has 0 saturated carbocycles. The Kier molecular flexibility index (Phi) is 5.04. The maximum Gasteiger partial charge on any atom is 0.139 e. The van der Waals surface area contributed by atoms with Crippen LogP contribution in [0.4, 0.5) is 0 Å². The average molecular weight is 355 g/mol. The predicted molar refractivity (Wildman–Crippen MR) is 91.2 cm³/mol. The van der Waals surface area contributed by atoms with E-state index in [1.54, 1.807) is 0 Å². The highest BCUT2D eigenvalue weighted by molar-refractivity contribution is 9.08. The third-order valence-corrected chi connectivity index (χ3v) is 5.63. The van der Waals surface area contributed by atoms with Gasteiger partial charge in [0.2, 0.25) is 0 Å². The SMILES string of the molecule is Cc1cc(CBr)cc2cn(COCC[Si](C)(C)C)nc12. The summed E-state index contributed by atoms with van der Waals surface area (Å²) in [6.07, 6.45) is 2.07. The van der Waals surface area contributed by atoms with Crippen molar-refractivity contribution in [2.24, 2.45) is 0 Å². The van der Waals surface area contributed by atoms with Crippen molar-refractivity contribution < 1.29 is 4.74 Å². The van der Waals surface area contributed by atoms with Gasteiger partial charge < -0.3 is 4.74 Å². The summed E-state index contributed by atoms with van der Waals surface area (Å²) in [6, 6.07) is 5.56. The van der Waals surface area contributed by atoms with Gasteiger partial charge >= 0.3 is 0 Å². The molecule has 0 fully saturated rings. The number of benzene rings is 1. The van der Waals surface area contributed by atoms with Crippen LogP contribution in [0.2, 0.25) is 25.7 Å². The topological polar surface area (TPSA) is 27.1 Å². The summed E-state index contributed by atoms with van der Waals surface area (Å²) in [6.45, 7) is 10.6. The Morgan fingerprint density at radius 1 is 1.30 bits per heavy atom. The van der Waals surface area contributed by atoms with E-state index >= 15 is 0 Å². The summed E-state index contributed by atoms with van der Waals surface area (Å²) < 4.78 is 7.65. The van der Waals surface area contributed by atoms with Crippen LogP contribution < -0.4 is 0 Å². The lowest BCUT2D eigenvalue weighted by Gasteiger charge is -2.15. The molecule has 0 spiro atoms. The summed E-state index contributed by atoms with van der Waals surface area (Å²) in [4.78, 5) is 0. The molecule has 0 radical (unpaired) electrons. The number of hydrogen-bond donors (Lipinski definition) is 0. The maximum absolute atomic E-state index is 5.75. The minimum Gasteiger partial charge on any atom is -0.360 e. The fourth-order valence-corrected chi connectivity index (χ4v) is 3.20. The van der Waals surface area contributed by atoms with Crippen molar-refractivity contribution in [3.63, 3.8) is 0 Å². The fourth-order valence-electron chi connectivity index (χ4n) is 2.12. The van der Waals surface area contributed by atoms with Crippen LogP contribution in [0.3, 0.4) is 0 Å². The molecular formula is C15H23BrN2OSi. The third-order valence-electron chi connectivity index (χ3n) is 3.28. The van der Waals surface area contributed by atoms with Gasteiger partial charge in [0.05, 0.1) is 5.52 Å². The van der Waals surface area contributed by atoms with Gasteiger partial charge in [0.25, 0.3) is 0 Å². The zero-order valence-electron chi connectivity index (χ0n) is 12.7. The van der Waals surface area contributed by atoms with Gasteiger partial charge in [-0.15, -0.1) is 0 Å². The van der Waals surface area contributed by atoms with Crippen molar-refractivity contribution in [1.29, 1.82) is 0 Å². The van der Waals surface area contributed by atoms with Crippen LogP contribution in [0.5, 0.6) is 0 Å². The zero-order chi connectivity index (χ0) is 14.8. The molecule has 20 heavy (non-hydrogen) atoms. The first-order chi connectivity index (χ1) is 9.39. The monoisotopic (exact) mass is 354 g/mol. The zero-order valence-corrected chi connectivity index (χ0v) is 15.3. The fraction of sp³-hybridized carbons (Fsp3) is 0.533. The molecule has 1 aromatic carbocycles. The van der Waals surface area contributed by atoms with E-state index in [1.165, 1.54) is 22.6 Å². The third kappa shape index (κ3) is 4.17. The molecule has 1 heterocycles. The van der Waals surface area contributed by atoms with Crippen molar-refractivity contribution in [2.75, 3.05) is 6.61 Å². The maximum atomic E-state index is 5.75. The van der Waals surface area contributed by atoms with Gasteiger partial charge in [-0.25, -0.2) is 4.68 Å². The lowest BCUT2D eigenvalue weighted by molar-refractivity contribution is 0.0791. The highest BCUT2D eigenvalue weighted by Crippen LogP contribution is 2.20. The number of aromatic nitrogens is 2. The van der Waals surface area contributed by atoms with E-state index in [0.29, 0.717) is 6.73 Å². The van der Waals surface area contributed by atoms with Crippen LogP contribution in [0, 0.1) is 6.92 Å². The first kappa shape index (κ1) is 15.7. The molecule has 110 valence electrons. The Morgan fingerprint density at radius 2 is 2.05 bits per heavy atom. The minimum absolute atomic E-state index is 0.544. The van der Waals surface area contributed by atoms with E-state index in [4.69, 9.17) is 4.74 Å². The van der Waals surface area contributed by atoms with Crippen molar-refractivity contribution in [2.45, 2.75) is 44.7 Å². The van der Waals surface area contributed by atoms with Crippen molar-refractivity contribution >= 4 is 34.9 Å². The molecule has 3 nitrogen and oxygen atoms in total. The Morgan fingerprint density at radius 3 is 2.70 bits per heavy atom. The quantitative estimate of drug-likeness (QED) is 0.432. The molecule has 2 aromatic rings. The standard InChI is InChI=1S/C15H23BrN2OSi/c1-12-7-13(9-16)8-14-10-18(17-15(12)14)11-19-5-6-20(2,3)4/h7-8,10H,5-6,9,11H2,1-4H3. The van der Waals surface area contributed by atoms with Crippen molar-refractivity contribution in [1.82, 2.24) is 9.78 Å². The second-order valence-electron chi connectivity index (χ2n) is 6.50. The molecule has 0 atom stereocenters. The van der Waals surface area contributed by atoms with E-state index in [2.05, 4.69) is 65.9 Å². The average Bonchev–Trinajstić information content (AvgIpc) is 2.77. The first-order valence-electron chi connectivity index (χ1n) is 6.99. The molecule has 0 unspecified atom stereocenters. The van der Waals surface area contributed by atoms with Crippen molar-refractivity contribution in [3.05, 3.63) is 29.5 Å². The van der Waals surface area contributed by atoms with E-state index < -0.39 is 8.07 Å². The van der Waals surface area contributed by atoms with Gasteiger partial charge in [-0.2, -0.15) is 5.10 Å². The minimum atomic E-state index is -1.01. The molecule has 0 N–H and O–H groups in total. The van der Waals surface area contributed by atoms with Crippen LogP contribution >= 0.6 is 15.9 Å². The molecule has 0 amide bonds. The molecule has 0 saturated heterocycles. The Labute approximate surface area is 130 Å². The molecule has 0 aliphatic carbocycles. The summed E-state index contributed by atoms with van der Waals surface area (Å²) in [7, 11) is -1.01. The Balaban J connectivity index is 2.03. The van der Waals surface area contributed by atoms with Gasteiger partial charge in [-0.1, -0.05) is 41.6 Å². The van der Waals surface area contributed by atoms with Gasteiger partial charge in [0.15, 0.2) is 0 Å². The lowest BCUT2D eigenvalue weighted by atomic mass is 10.1. The summed E-state index contributed by atoms with van der Waals surface area (Å²) in [5.74, 6) is 0. The number of aryl methyl sites for hydroxylation is 1. The van der Waals surface area contributed by atoms with Crippen LogP contribution in [0.15, 0.2) is 18.3 Å². The highest BCUT2D eigenvalue weighted by atomic mass is 79.9. The smallest absolute Gasteiger partial charge is 0.139 e. The number of nitrogens with zero attached hydrogens (tertiary/aromatic N) is 2. The van der Waals surface area contributed by atoms with E-state index in [-0.39, 0.29) is 0 Å². The van der Waals surface area contributed by atoms with Crippen LogP contribution in [0.25, 0.3) is 10.9 Å². The predicted octanol–water partition coefficient (Wildman–Crippen LogP) is 4.55. The largest absolute Gasteiger partial charge is 0.360 e. The summed E-state index contributed by atoms with van der Waals surface area (Å²) >= 11 is 3.51. The normalized spacial score (nSPS) is 12.2. The molecule has 5 heteroatoms. The molecule has 0 aliphatic heterocycles. The molecule has 1 aromatic heterocycles. The number of halogens is 1. The first-order valence-corrected chi connectivity index (χ1v) is 11.8. The number of hydrogen-bond acceptors (Lipinski definition) is 2. The number of fused-ring (bicyclic) bond motifs is 1. The van der Waals surface area contributed by atoms with Crippen molar-refractivity contribution in [3.8, 4) is 0 Å². The van der Waals surface area contributed by atoms with E-state index in [1.807, 2.05) is 4.68 Å². The van der Waals surface area contributed by atoms with E-state index in [0.717, 1.165) is 17.5 Å². The summed E-state index contributed by atoms with van der Waals surface area (Å²) in [5, 5.41) is 6.67. The Hall–Kier alpha value is -0.653.